The summed E-state index contributed by atoms with van der Waals surface area (Å²) in [6.07, 6.45) is 0.860. The van der Waals surface area contributed by atoms with Gasteiger partial charge in [0.1, 0.15) is 11.0 Å². The molecule has 1 amide bonds. The molecular formula is C9H12ClN5O. The van der Waals surface area contributed by atoms with E-state index in [9.17, 15) is 4.79 Å². The van der Waals surface area contributed by atoms with Crippen LogP contribution in [0.1, 0.15) is 0 Å². The molecule has 2 heterocycles. The van der Waals surface area contributed by atoms with Crippen LogP contribution < -0.4 is 10.6 Å². The summed E-state index contributed by atoms with van der Waals surface area (Å²) in [6.45, 7) is 2.83. The number of aromatic nitrogens is 2. The molecule has 0 bridgehead atoms. The summed E-state index contributed by atoms with van der Waals surface area (Å²) < 4.78 is 0. The normalized spacial score (nSPS) is 16.3. The zero-order valence-corrected chi connectivity index (χ0v) is 9.39. The monoisotopic (exact) mass is 241 g/mol. The van der Waals surface area contributed by atoms with E-state index in [4.69, 9.17) is 17.3 Å². The molecular weight excluding hydrogens is 230 g/mol. The number of hydrogen-bond acceptors (Lipinski definition) is 5. The van der Waals surface area contributed by atoms with Gasteiger partial charge in [0.2, 0.25) is 12.4 Å². The first-order chi connectivity index (χ1) is 7.69. The second-order valence-corrected chi connectivity index (χ2v) is 3.92. The lowest BCUT2D eigenvalue weighted by atomic mass is 10.3. The van der Waals surface area contributed by atoms with Crippen LogP contribution in [-0.2, 0) is 4.79 Å². The molecule has 1 aliphatic rings. The topological polar surface area (TPSA) is 75.3 Å². The van der Waals surface area contributed by atoms with Crippen molar-refractivity contribution in [2.75, 3.05) is 36.8 Å². The van der Waals surface area contributed by atoms with Crippen molar-refractivity contribution in [2.45, 2.75) is 0 Å². The third kappa shape index (κ3) is 2.33. The molecule has 0 spiro atoms. The fourth-order valence-electron chi connectivity index (χ4n) is 1.64. The Balaban J connectivity index is 2.10. The molecule has 0 atom stereocenters. The molecule has 7 heteroatoms. The van der Waals surface area contributed by atoms with Gasteiger partial charge in [-0.2, -0.15) is 4.98 Å². The highest BCUT2D eigenvalue weighted by Gasteiger charge is 2.17. The van der Waals surface area contributed by atoms with Crippen molar-refractivity contribution < 1.29 is 4.79 Å². The fraction of sp³-hybridized carbons (Fsp3) is 0.444. The first-order valence-corrected chi connectivity index (χ1v) is 5.31. The van der Waals surface area contributed by atoms with E-state index in [2.05, 4.69) is 9.97 Å². The average Bonchev–Trinajstić information content (AvgIpc) is 2.28. The van der Waals surface area contributed by atoms with Crippen molar-refractivity contribution in [3.8, 4) is 0 Å². The minimum Gasteiger partial charge on any atom is -0.368 e. The van der Waals surface area contributed by atoms with Crippen LogP contribution in [0.25, 0.3) is 0 Å². The van der Waals surface area contributed by atoms with Crippen LogP contribution in [-0.4, -0.2) is 47.5 Å². The van der Waals surface area contributed by atoms with Crippen LogP contribution in [0.15, 0.2) is 6.07 Å². The Labute approximate surface area is 98.0 Å². The summed E-state index contributed by atoms with van der Waals surface area (Å²) in [7, 11) is 0. The minimum absolute atomic E-state index is 0.167. The van der Waals surface area contributed by atoms with Gasteiger partial charge in [0.05, 0.1) is 0 Å². The molecule has 0 radical (unpaired) electrons. The van der Waals surface area contributed by atoms with Crippen LogP contribution in [0, 0.1) is 0 Å². The van der Waals surface area contributed by atoms with E-state index in [-0.39, 0.29) is 5.95 Å². The molecule has 1 aromatic heterocycles. The average molecular weight is 242 g/mol. The lowest BCUT2D eigenvalue weighted by Crippen LogP contribution is -2.46. The van der Waals surface area contributed by atoms with Gasteiger partial charge in [-0.05, 0) is 0 Å². The molecule has 86 valence electrons. The summed E-state index contributed by atoms with van der Waals surface area (Å²) in [4.78, 5) is 22.2. The first-order valence-electron chi connectivity index (χ1n) is 4.93. The number of hydrogen-bond donors (Lipinski definition) is 1. The van der Waals surface area contributed by atoms with E-state index < -0.39 is 0 Å². The number of amides is 1. The van der Waals surface area contributed by atoms with E-state index in [0.717, 1.165) is 19.5 Å². The molecule has 0 aromatic carbocycles. The Bertz CT molecular complexity index is 371. The van der Waals surface area contributed by atoms with E-state index >= 15 is 0 Å². The SMILES string of the molecule is Nc1nc(Cl)cc(N2CCN(C=O)CC2)n1. The molecule has 2 N–H and O–H groups in total. The molecule has 1 aromatic rings. The Morgan fingerprint density at radius 1 is 1.31 bits per heavy atom. The van der Waals surface area contributed by atoms with Gasteiger partial charge >= 0.3 is 0 Å². The maximum Gasteiger partial charge on any atom is 0.223 e. The first kappa shape index (κ1) is 10.9. The minimum atomic E-state index is 0.167. The highest BCUT2D eigenvalue weighted by Crippen LogP contribution is 2.18. The van der Waals surface area contributed by atoms with Gasteiger partial charge in [0.15, 0.2) is 0 Å². The molecule has 1 aliphatic heterocycles. The Kier molecular flexibility index (Phi) is 3.09. The van der Waals surface area contributed by atoms with Gasteiger partial charge in [-0.25, -0.2) is 4.98 Å². The van der Waals surface area contributed by atoms with Crippen molar-refractivity contribution in [3.63, 3.8) is 0 Å². The number of piperazine rings is 1. The molecule has 0 unspecified atom stereocenters. The number of carbonyl (C=O) groups is 1. The number of halogens is 1. The second kappa shape index (κ2) is 4.52. The van der Waals surface area contributed by atoms with Crippen molar-refractivity contribution in [3.05, 3.63) is 11.2 Å². The summed E-state index contributed by atoms with van der Waals surface area (Å²) in [5, 5.41) is 0.334. The lowest BCUT2D eigenvalue weighted by molar-refractivity contribution is -0.118. The quantitative estimate of drug-likeness (QED) is 0.582. The van der Waals surface area contributed by atoms with Crippen LogP contribution in [0.2, 0.25) is 5.15 Å². The van der Waals surface area contributed by atoms with Crippen molar-refractivity contribution in [2.24, 2.45) is 0 Å². The second-order valence-electron chi connectivity index (χ2n) is 3.54. The zero-order chi connectivity index (χ0) is 11.5. The maximum absolute atomic E-state index is 10.6. The third-order valence-electron chi connectivity index (χ3n) is 2.49. The lowest BCUT2D eigenvalue weighted by Gasteiger charge is -2.33. The smallest absolute Gasteiger partial charge is 0.223 e. The molecule has 0 saturated carbocycles. The summed E-state index contributed by atoms with van der Waals surface area (Å²) in [5.74, 6) is 0.878. The third-order valence-corrected chi connectivity index (χ3v) is 2.68. The highest BCUT2D eigenvalue weighted by molar-refractivity contribution is 6.29. The van der Waals surface area contributed by atoms with Gasteiger partial charge in [-0.15, -0.1) is 0 Å². The number of rotatable bonds is 2. The van der Waals surface area contributed by atoms with Crippen LogP contribution in [0.3, 0.4) is 0 Å². The zero-order valence-electron chi connectivity index (χ0n) is 8.64. The molecule has 16 heavy (non-hydrogen) atoms. The van der Waals surface area contributed by atoms with Gasteiger partial charge in [0.25, 0.3) is 0 Å². The number of nitrogens with zero attached hydrogens (tertiary/aromatic N) is 4. The van der Waals surface area contributed by atoms with Crippen LogP contribution >= 0.6 is 11.6 Å². The Morgan fingerprint density at radius 3 is 2.56 bits per heavy atom. The van der Waals surface area contributed by atoms with E-state index in [1.807, 2.05) is 4.90 Å². The number of nitrogen functional groups attached to an aromatic ring is 1. The number of carbonyl (C=O) groups excluding carboxylic acids is 1. The summed E-state index contributed by atoms with van der Waals surface area (Å²) >= 11 is 5.80. The van der Waals surface area contributed by atoms with Gasteiger partial charge in [-0.1, -0.05) is 11.6 Å². The van der Waals surface area contributed by atoms with Crippen LogP contribution in [0.5, 0.6) is 0 Å². The van der Waals surface area contributed by atoms with E-state index in [0.29, 0.717) is 24.1 Å². The highest BCUT2D eigenvalue weighted by atomic mass is 35.5. The molecule has 6 nitrogen and oxygen atoms in total. The predicted molar refractivity (Wildman–Crippen MR) is 61.3 cm³/mol. The predicted octanol–water partition coefficient (Wildman–Crippen LogP) is -0.00940. The summed E-state index contributed by atoms with van der Waals surface area (Å²) in [5.41, 5.74) is 5.52. The largest absolute Gasteiger partial charge is 0.368 e. The standard InChI is InChI=1S/C9H12ClN5O/c10-7-5-8(13-9(11)12-7)15-3-1-14(6-16)2-4-15/h5-6H,1-4H2,(H2,11,12,13). The van der Waals surface area contributed by atoms with E-state index in [1.165, 1.54) is 0 Å². The van der Waals surface area contributed by atoms with Crippen molar-refractivity contribution >= 4 is 29.8 Å². The molecule has 1 fully saturated rings. The summed E-state index contributed by atoms with van der Waals surface area (Å²) in [6, 6.07) is 1.68. The molecule has 1 saturated heterocycles. The van der Waals surface area contributed by atoms with Crippen molar-refractivity contribution in [1.82, 2.24) is 14.9 Å². The van der Waals surface area contributed by atoms with E-state index in [1.54, 1.807) is 11.0 Å². The number of nitrogens with two attached hydrogens (primary N) is 1. The molecule has 2 rings (SSSR count). The van der Waals surface area contributed by atoms with Gasteiger partial charge < -0.3 is 15.5 Å². The number of anilines is 2. The fourth-order valence-corrected chi connectivity index (χ4v) is 1.83. The molecule has 0 aliphatic carbocycles. The maximum atomic E-state index is 10.6. The Hall–Kier alpha value is -1.56. The van der Waals surface area contributed by atoms with Gasteiger partial charge in [0, 0.05) is 32.2 Å². The Morgan fingerprint density at radius 2 is 2.00 bits per heavy atom. The van der Waals surface area contributed by atoms with Crippen LogP contribution in [0.4, 0.5) is 11.8 Å². The van der Waals surface area contributed by atoms with Gasteiger partial charge in [-0.3, -0.25) is 4.79 Å². The van der Waals surface area contributed by atoms with Crippen molar-refractivity contribution in [1.29, 1.82) is 0 Å².